The Morgan fingerprint density at radius 2 is 2.36 bits per heavy atom. The molecule has 1 N–H and O–H groups in total. The fraction of sp³-hybridized carbons (Fsp3) is 0.611. The number of amides is 2. The summed E-state index contributed by atoms with van der Waals surface area (Å²) in [7, 11) is 1.62. The highest BCUT2D eigenvalue weighted by molar-refractivity contribution is 5.92. The Morgan fingerprint density at radius 1 is 1.52 bits per heavy atom. The number of piperidine rings is 1. The Hall–Kier alpha value is -2.02. The highest BCUT2D eigenvalue weighted by Gasteiger charge is 2.50. The van der Waals surface area contributed by atoms with E-state index in [2.05, 4.69) is 10.3 Å². The van der Waals surface area contributed by atoms with E-state index in [4.69, 9.17) is 4.74 Å². The van der Waals surface area contributed by atoms with Crippen molar-refractivity contribution in [2.45, 2.75) is 38.1 Å². The van der Waals surface area contributed by atoms with Gasteiger partial charge in [-0.15, -0.1) is 0 Å². The van der Waals surface area contributed by atoms with Crippen molar-refractivity contribution in [3.05, 3.63) is 29.8 Å². The molecule has 1 aromatic heterocycles. The van der Waals surface area contributed by atoms with Crippen molar-refractivity contribution in [1.29, 1.82) is 0 Å². The van der Waals surface area contributed by atoms with Gasteiger partial charge >= 0.3 is 0 Å². The van der Waals surface area contributed by atoms with Crippen molar-refractivity contribution in [1.82, 2.24) is 15.2 Å². The first-order valence-corrected chi connectivity index (χ1v) is 8.74. The van der Waals surface area contributed by atoms with Crippen LogP contribution in [0.15, 0.2) is 18.3 Å². The van der Waals surface area contributed by atoms with Gasteiger partial charge in [0.2, 0.25) is 5.91 Å². The molecule has 0 unspecified atom stereocenters. The number of hydrogen-bond acceptors (Lipinski definition) is 4. The van der Waals surface area contributed by atoms with E-state index < -0.39 is 11.7 Å². The Kier molecular flexibility index (Phi) is 5.32. The van der Waals surface area contributed by atoms with Crippen LogP contribution in [-0.4, -0.2) is 54.5 Å². The number of fused-ring (bicyclic) bond motifs is 1. The monoisotopic (exact) mass is 349 g/mol. The molecule has 1 saturated carbocycles. The van der Waals surface area contributed by atoms with E-state index in [0.717, 1.165) is 25.7 Å². The molecule has 0 radical (unpaired) electrons. The van der Waals surface area contributed by atoms with Crippen LogP contribution in [0.2, 0.25) is 0 Å². The van der Waals surface area contributed by atoms with Gasteiger partial charge in [0, 0.05) is 44.3 Å². The molecular weight excluding hydrogens is 325 g/mol. The molecule has 25 heavy (non-hydrogen) atoms. The number of methoxy groups -OCH3 is 1. The fourth-order valence-corrected chi connectivity index (χ4v) is 4.23. The Bertz CT molecular complexity index is 654. The third-order valence-corrected chi connectivity index (χ3v) is 5.50. The van der Waals surface area contributed by atoms with Gasteiger partial charge in [-0.05, 0) is 31.4 Å². The summed E-state index contributed by atoms with van der Waals surface area (Å²) in [5.74, 6) is -0.971. The standard InChI is InChI=1S/C18H24FN3O3/c1-25-11-10-22-14-5-2-7-18(14,8-6-15(22)23)12-21-17(24)16-13(19)4-3-9-20-16/h3-4,9,14H,2,5-8,10-12H2,1H3,(H,21,24)/t14-,18+/m1/s1. The van der Waals surface area contributed by atoms with Crippen LogP contribution in [0.3, 0.4) is 0 Å². The van der Waals surface area contributed by atoms with Crippen molar-refractivity contribution in [2.75, 3.05) is 26.8 Å². The Morgan fingerprint density at radius 3 is 3.12 bits per heavy atom. The van der Waals surface area contributed by atoms with E-state index in [1.165, 1.54) is 18.3 Å². The van der Waals surface area contributed by atoms with Gasteiger partial charge in [-0.25, -0.2) is 9.37 Å². The number of hydrogen-bond donors (Lipinski definition) is 1. The van der Waals surface area contributed by atoms with Crippen molar-refractivity contribution in [3.8, 4) is 0 Å². The zero-order valence-corrected chi connectivity index (χ0v) is 14.5. The number of likely N-dealkylation sites (tertiary alicyclic amines) is 1. The zero-order chi connectivity index (χ0) is 17.9. The molecule has 1 aliphatic carbocycles. The van der Waals surface area contributed by atoms with Gasteiger partial charge in [-0.2, -0.15) is 0 Å². The maximum absolute atomic E-state index is 13.7. The van der Waals surface area contributed by atoms with Crippen LogP contribution < -0.4 is 5.32 Å². The van der Waals surface area contributed by atoms with E-state index in [9.17, 15) is 14.0 Å². The van der Waals surface area contributed by atoms with E-state index in [1.807, 2.05) is 4.90 Å². The van der Waals surface area contributed by atoms with Gasteiger partial charge in [0.25, 0.3) is 5.91 Å². The van der Waals surface area contributed by atoms with Gasteiger partial charge < -0.3 is 15.0 Å². The van der Waals surface area contributed by atoms with Crippen LogP contribution in [-0.2, 0) is 9.53 Å². The summed E-state index contributed by atoms with van der Waals surface area (Å²) in [6.07, 6.45) is 5.55. The van der Waals surface area contributed by atoms with E-state index >= 15 is 0 Å². The second-order valence-corrected chi connectivity index (χ2v) is 6.87. The predicted molar refractivity (Wildman–Crippen MR) is 89.4 cm³/mol. The van der Waals surface area contributed by atoms with Crippen molar-refractivity contribution < 1.29 is 18.7 Å². The number of rotatable bonds is 6. The molecule has 0 aromatic carbocycles. The van der Waals surface area contributed by atoms with E-state index in [-0.39, 0.29) is 23.1 Å². The van der Waals surface area contributed by atoms with Crippen LogP contribution in [0.5, 0.6) is 0 Å². The first-order chi connectivity index (χ1) is 12.1. The number of nitrogens with one attached hydrogen (secondary N) is 1. The summed E-state index contributed by atoms with van der Waals surface area (Å²) < 4.78 is 18.9. The van der Waals surface area contributed by atoms with Crippen LogP contribution in [0.4, 0.5) is 4.39 Å². The van der Waals surface area contributed by atoms with Crippen LogP contribution >= 0.6 is 0 Å². The average molecular weight is 349 g/mol. The maximum atomic E-state index is 13.7. The first-order valence-electron chi connectivity index (χ1n) is 8.74. The number of pyridine rings is 1. The minimum atomic E-state index is -0.624. The van der Waals surface area contributed by atoms with Crippen LogP contribution in [0.25, 0.3) is 0 Å². The molecule has 2 aliphatic rings. The lowest BCUT2D eigenvalue weighted by Gasteiger charge is -2.46. The molecule has 136 valence electrons. The lowest BCUT2D eigenvalue weighted by Crippen LogP contribution is -2.56. The van der Waals surface area contributed by atoms with Gasteiger partial charge in [0.15, 0.2) is 11.5 Å². The summed E-state index contributed by atoms with van der Waals surface area (Å²) in [6, 6.07) is 2.79. The van der Waals surface area contributed by atoms with Crippen LogP contribution in [0.1, 0.15) is 42.6 Å². The SMILES string of the molecule is COCCN1C(=O)CC[C@]2(CNC(=O)c3ncccc3F)CCC[C@@H]12. The third kappa shape index (κ3) is 3.51. The number of carbonyl (C=O) groups is 2. The van der Waals surface area contributed by atoms with E-state index in [1.54, 1.807) is 7.11 Å². The molecule has 2 amide bonds. The summed E-state index contributed by atoms with van der Waals surface area (Å²) in [6.45, 7) is 1.51. The summed E-state index contributed by atoms with van der Waals surface area (Å²) >= 11 is 0. The molecule has 2 heterocycles. The number of ether oxygens (including phenoxy) is 1. The molecule has 2 atom stereocenters. The molecule has 1 aliphatic heterocycles. The first kappa shape index (κ1) is 17.8. The second kappa shape index (κ2) is 7.47. The highest BCUT2D eigenvalue weighted by Crippen LogP contribution is 2.47. The molecule has 6 nitrogen and oxygen atoms in total. The van der Waals surface area contributed by atoms with Gasteiger partial charge in [-0.3, -0.25) is 9.59 Å². The molecule has 1 aromatic rings. The maximum Gasteiger partial charge on any atom is 0.272 e. The minimum absolute atomic E-state index is 0.109. The van der Waals surface area contributed by atoms with E-state index in [0.29, 0.717) is 26.1 Å². The fourth-order valence-electron chi connectivity index (χ4n) is 4.23. The lowest BCUT2D eigenvalue weighted by molar-refractivity contribution is -0.142. The van der Waals surface area contributed by atoms with Crippen molar-refractivity contribution in [3.63, 3.8) is 0 Å². The van der Waals surface area contributed by atoms with Gasteiger partial charge in [0.05, 0.1) is 6.61 Å². The van der Waals surface area contributed by atoms with Gasteiger partial charge in [0.1, 0.15) is 0 Å². The minimum Gasteiger partial charge on any atom is -0.383 e. The Balaban J connectivity index is 1.71. The smallest absolute Gasteiger partial charge is 0.272 e. The third-order valence-electron chi connectivity index (χ3n) is 5.50. The average Bonchev–Trinajstić information content (AvgIpc) is 3.04. The van der Waals surface area contributed by atoms with Crippen LogP contribution in [0, 0.1) is 11.2 Å². The summed E-state index contributed by atoms with van der Waals surface area (Å²) in [4.78, 5) is 30.3. The molecule has 1 saturated heterocycles. The molecular formula is C18H24FN3O3. The zero-order valence-electron chi connectivity index (χ0n) is 14.5. The number of carbonyl (C=O) groups excluding carboxylic acids is 2. The van der Waals surface area contributed by atoms with Crippen molar-refractivity contribution in [2.24, 2.45) is 5.41 Å². The lowest BCUT2D eigenvalue weighted by atomic mass is 9.74. The molecule has 0 spiro atoms. The second-order valence-electron chi connectivity index (χ2n) is 6.87. The molecule has 3 rings (SSSR count). The van der Waals surface area contributed by atoms with Gasteiger partial charge in [-0.1, -0.05) is 6.42 Å². The normalized spacial score (nSPS) is 25.8. The molecule has 0 bridgehead atoms. The number of nitrogens with zero attached hydrogens (tertiary/aromatic N) is 2. The van der Waals surface area contributed by atoms with Crippen molar-refractivity contribution >= 4 is 11.8 Å². The largest absolute Gasteiger partial charge is 0.383 e. The topological polar surface area (TPSA) is 71.5 Å². The summed E-state index contributed by atoms with van der Waals surface area (Å²) in [5.41, 5.74) is -0.320. The number of aromatic nitrogens is 1. The molecule has 7 heteroatoms. The number of halogens is 1. The Labute approximate surface area is 146 Å². The quantitative estimate of drug-likeness (QED) is 0.849. The summed E-state index contributed by atoms with van der Waals surface area (Å²) in [5, 5.41) is 2.85. The molecule has 2 fully saturated rings. The highest BCUT2D eigenvalue weighted by atomic mass is 19.1. The predicted octanol–water partition coefficient (Wildman–Crippen LogP) is 1.76.